The van der Waals surface area contributed by atoms with Crippen LogP contribution in [0, 0.1) is 5.92 Å². The Kier molecular flexibility index (Phi) is 5.11. The minimum absolute atomic E-state index is 0. The molecule has 3 rings (SSSR count). The van der Waals surface area contributed by atoms with Crippen LogP contribution in [0.25, 0.3) is 10.9 Å². The van der Waals surface area contributed by atoms with E-state index in [9.17, 15) is 0 Å². The van der Waals surface area contributed by atoms with Crippen LogP contribution in [0.5, 0.6) is 0 Å². The summed E-state index contributed by atoms with van der Waals surface area (Å²) in [6.45, 7) is 12.9. The van der Waals surface area contributed by atoms with Gasteiger partial charge in [-0.05, 0) is 73.8 Å². The number of nitrogens with one attached hydrogen (secondary N) is 1. The Morgan fingerprint density at radius 2 is 1.87 bits per heavy atom. The summed E-state index contributed by atoms with van der Waals surface area (Å²) in [5.41, 5.74) is 4.19. The number of nitrogens with zero attached hydrogens (tertiary/aromatic N) is 1. The fourth-order valence-electron chi connectivity index (χ4n) is 3.65. The van der Waals surface area contributed by atoms with Gasteiger partial charge in [-0.1, -0.05) is 39.8 Å². The van der Waals surface area contributed by atoms with Crippen molar-refractivity contribution in [3.8, 4) is 0 Å². The summed E-state index contributed by atoms with van der Waals surface area (Å²) in [7, 11) is 0. The zero-order valence-electron chi connectivity index (χ0n) is 15.2. The average Bonchev–Trinajstić information content (AvgIpc) is 2.96. The molecule has 0 amide bonds. The summed E-state index contributed by atoms with van der Waals surface area (Å²) >= 11 is 0. The molecule has 0 aliphatic carbocycles. The molecule has 0 atom stereocenters. The fraction of sp³-hybridized carbons (Fsp3) is 0.619. The highest BCUT2D eigenvalue weighted by Gasteiger charge is 2.22. The molecule has 1 aliphatic rings. The second-order valence-corrected chi connectivity index (χ2v) is 8.02. The van der Waals surface area contributed by atoms with E-state index in [-0.39, 0.29) is 1.43 Å². The number of hydrogen-bond donors (Lipinski definition) is 1. The zero-order chi connectivity index (χ0) is 16.4. The molecule has 2 heterocycles. The Morgan fingerprint density at radius 3 is 2.52 bits per heavy atom. The lowest BCUT2D eigenvalue weighted by Crippen LogP contribution is -2.34. The molecule has 1 aromatic heterocycles. The van der Waals surface area contributed by atoms with Gasteiger partial charge in [0.05, 0.1) is 0 Å². The molecule has 2 heteroatoms. The predicted molar refractivity (Wildman–Crippen MR) is 102 cm³/mol. The largest absolute Gasteiger partial charge is 0.358 e. The first-order valence-corrected chi connectivity index (χ1v) is 9.38. The van der Waals surface area contributed by atoms with Crippen molar-refractivity contribution in [3.63, 3.8) is 0 Å². The fourth-order valence-corrected chi connectivity index (χ4v) is 3.65. The van der Waals surface area contributed by atoms with Crippen molar-refractivity contribution in [2.45, 2.75) is 58.8 Å². The summed E-state index contributed by atoms with van der Waals surface area (Å²) < 4.78 is 0. The van der Waals surface area contributed by atoms with Crippen molar-refractivity contribution in [2.24, 2.45) is 5.92 Å². The molecule has 1 N–H and O–H groups in total. The molecule has 1 saturated heterocycles. The Balaban J connectivity index is 0.00000208. The highest BCUT2D eigenvalue weighted by atomic mass is 15.1. The first kappa shape index (κ1) is 16.6. The number of H-pyrrole nitrogens is 1. The Hall–Kier alpha value is -1.28. The Labute approximate surface area is 142 Å². The molecule has 128 valence electrons. The monoisotopic (exact) mass is 314 g/mol. The average molecular weight is 315 g/mol. The van der Waals surface area contributed by atoms with E-state index in [0.29, 0.717) is 11.8 Å². The lowest BCUT2D eigenvalue weighted by atomic mass is 9.93. The predicted octanol–water partition coefficient (Wildman–Crippen LogP) is 5.76. The van der Waals surface area contributed by atoms with Gasteiger partial charge in [-0.25, -0.2) is 0 Å². The summed E-state index contributed by atoms with van der Waals surface area (Å²) in [5, 5.41) is 1.37. The molecule has 23 heavy (non-hydrogen) atoms. The van der Waals surface area contributed by atoms with Crippen LogP contribution in [-0.4, -0.2) is 29.5 Å². The molecule has 0 bridgehead atoms. The molecule has 0 unspecified atom stereocenters. The van der Waals surface area contributed by atoms with Crippen molar-refractivity contribution in [3.05, 3.63) is 35.5 Å². The number of piperidine rings is 1. The van der Waals surface area contributed by atoms with E-state index in [0.717, 1.165) is 5.92 Å². The third-order valence-electron chi connectivity index (χ3n) is 5.38. The van der Waals surface area contributed by atoms with Gasteiger partial charge >= 0.3 is 0 Å². The lowest BCUT2D eigenvalue weighted by Gasteiger charge is -2.32. The van der Waals surface area contributed by atoms with Gasteiger partial charge in [-0.3, -0.25) is 0 Å². The maximum atomic E-state index is 3.71. The van der Waals surface area contributed by atoms with Crippen LogP contribution in [0.1, 0.15) is 71.5 Å². The lowest BCUT2D eigenvalue weighted by molar-refractivity contribution is 0.201. The van der Waals surface area contributed by atoms with Gasteiger partial charge in [0.15, 0.2) is 0 Å². The van der Waals surface area contributed by atoms with Crippen molar-refractivity contribution >= 4 is 10.9 Å². The maximum Gasteiger partial charge on any atom is 0.0459 e. The third kappa shape index (κ3) is 3.98. The molecule has 1 aromatic carbocycles. The van der Waals surface area contributed by atoms with Crippen LogP contribution >= 0.6 is 0 Å². The van der Waals surface area contributed by atoms with E-state index in [2.05, 4.69) is 61.8 Å². The minimum Gasteiger partial charge on any atom is -0.358 e. The summed E-state index contributed by atoms with van der Waals surface area (Å²) in [6.07, 6.45) is 3.92. The molecule has 2 aromatic rings. The Bertz CT molecular complexity index is 636. The first-order chi connectivity index (χ1) is 11.0. The summed E-state index contributed by atoms with van der Waals surface area (Å²) in [4.78, 5) is 6.36. The number of likely N-dealkylation sites (tertiary alicyclic amines) is 1. The zero-order valence-corrected chi connectivity index (χ0v) is 15.2. The molecule has 0 spiro atoms. The van der Waals surface area contributed by atoms with Gasteiger partial charge in [0, 0.05) is 18.6 Å². The maximum absolute atomic E-state index is 3.71. The van der Waals surface area contributed by atoms with Crippen molar-refractivity contribution in [2.75, 3.05) is 19.6 Å². The van der Waals surface area contributed by atoms with Gasteiger partial charge in [-0.15, -0.1) is 0 Å². The van der Waals surface area contributed by atoms with Crippen LogP contribution in [-0.2, 0) is 0 Å². The number of benzene rings is 1. The molecule has 0 radical (unpaired) electrons. The van der Waals surface area contributed by atoms with E-state index in [1.54, 1.807) is 0 Å². The number of rotatable bonds is 5. The number of aromatic nitrogens is 1. The topological polar surface area (TPSA) is 19.0 Å². The van der Waals surface area contributed by atoms with Gasteiger partial charge in [0.1, 0.15) is 0 Å². The highest BCUT2D eigenvalue weighted by molar-refractivity contribution is 5.81. The molecule has 0 saturated carbocycles. The van der Waals surface area contributed by atoms with Crippen LogP contribution in [0.3, 0.4) is 0 Å². The van der Waals surface area contributed by atoms with Gasteiger partial charge < -0.3 is 9.88 Å². The Morgan fingerprint density at radius 1 is 1.13 bits per heavy atom. The van der Waals surface area contributed by atoms with Crippen LogP contribution < -0.4 is 0 Å². The van der Waals surface area contributed by atoms with Gasteiger partial charge in [0.2, 0.25) is 0 Å². The van der Waals surface area contributed by atoms with Crippen molar-refractivity contribution < 1.29 is 1.43 Å². The third-order valence-corrected chi connectivity index (χ3v) is 5.38. The molecular weight excluding hydrogens is 280 g/mol. The number of fused-ring (bicyclic) bond motifs is 1. The highest BCUT2D eigenvalue weighted by Crippen LogP contribution is 2.31. The van der Waals surface area contributed by atoms with E-state index in [4.69, 9.17) is 0 Å². The van der Waals surface area contributed by atoms with Gasteiger partial charge in [-0.2, -0.15) is 0 Å². The summed E-state index contributed by atoms with van der Waals surface area (Å²) in [6, 6.07) is 9.27. The minimum atomic E-state index is 0. The number of hydrogen-bond acceptors (Lipinski definition) is 1. The normalized spacial score (nSPS) is 17.7. The van der Waals surface area contributed by atoms with E-state index in [1.807, 2.05) is 0 Å². The molecule has 1 aliphatic heterocycles. The number of aromatic amines is 1. The van der Waals surface area contributed by atoms with Crippen LogP contribution in [0.15, 0.2) is 24.3 Å². The van der Waals surface area contributed by atoms with Crippen molar-refractivity contribution in [1.82, 2.24) is 9.88 Å². The summed E-state index contributed by atoms with van der Waals surface area (Å²) in [5.74, 6) is 2.12. The standard InChI is InChI=1S/C21H32N2.H2/c1-15(2)7-10-23-11-8-17(9-12-23)20-14-19-6-5-18(16(3)4)13-21(19)22-20;/h5-6,13-17,22H,7-12H2,1-4H3;1H. The quantitative estimate of drug-likeness (QED) is 0.743. The first-order valence-electron chi connectivity index (χ1n) is 9.38. The van der Waals surface area contributed by atoms with Crippen LogP contribution in [0.2, 0.25) is 0 Å². The van der Waals surface area contributed by atoms with E-state index in [1.165, 1.54) is 61.1 Å². The second-order valence-electron chi connectivity index (χ2n) is 8.02. The second kappa shape index (κ2) is 7.09. The molecule has 2 nitrogen and oxygen atoms in total. The molecular formula is C21H34N2. The smallest absolute Gasteiger partial charge is 0.0459 e. The SMILES string of the molecule is CC(C)CCN1CCC(c2cc3ccc(C(C)C)cc3[nH]2)CC1.[HH]. The molecule has 1 fully saturated rings. The van der Waals surface area contributed by atoms with Crippen LogP contribution in [0.4, 0.5) is 0 Å². The van der Waals surface area contributed by atoms with E-state index < -0.39 is 0 Å². The van der Waals surface area contributed by atoms with Gasteiger partial charge in [0.25, 0.3) is 0 Å². The van der Waals surface area contributed by atoms with Crippen molar-refractivity contribution in [1.29, 1.82) is 0 Å². The van der Waals surface area contributed by atoms with E-state index >= 15 is 0 Å².